The predicted octanol–water partition coefficient (Wildman–Crippen LogP) is 2.04. The van der Waals surface area contributed by atoms with Crippen molar-refractivity contribution in [3.8, 4) is 11.1 Å². The third-order valence-electron chi connectivity index (χ3n) is 5.04. The van der Waals surface area contributed by atoms with Gasteiger partial charge in [-0.15, -0.1) is 5.10 Å². The highest BCUT2D eigenvalue weighted by Crippen LogP contribution is 2.27. The van der Waals surface area contributed by atoms with Crippen molar-refractivity contribution >= 4 is 17.2 Å². The molecule has 9 nitrogen and oxygen atoms in total. The standard InChI is InChI=1S/C19H21N7O2/c1-27-6-7-28-15-8-14(9-15)23-18-21-11-17-16(2-4-26(17)24-18)13-10-22-19-20-3-5-25(19)12-13/h2-5,10-12,14-15H,6-9H2,1H3,(H,23,24)/t14-,15-. The van der Waals surface area contributed by atoms with Crippen LogP contribution in [0.4, 0.5) is 5.95 Å². The zero-order valence-corrected chi connectivity index (χ0v) is 15.5. The van der Waals surface area contributed by atoms with E-state index in [2.05, 4.69) is 25.4 Å². The second-order valence-corrected chi connectivity index (χ2v) is 6.92. The lowest BCUT2D eigenvalue weighted by Gasteiger charge is -2.35. The molecule has 0 saturated heterocycles. The summed E-state index contributed by atoms with van der Waals surface area (Å²) in [6.45, 7) is 1.27. The molecule has 1 N–H and O–H groups in total. The molecule has 5 rings (SSSR count). The summed E-state index contributed by atoms with van der Waals surface area (Å²) in [4.78, 5) is 13.1. The third kappa shape index (κ3) is 3.19. The van der Waals surface area contributed by atoms with Crippen LogP contribution >= 0.6 is 0 Å². The van der Waals surface area contributed by atoms with E-state index in [0.29, 0.717) is 37.1 Å². The number of nitrogens with one attached hydrogen (secondary N) is 1. The molecule has 0 aliphatic heterocycles. The molecule has 0 bridgehead atoms. The summed E-state index contributed by atoms with van der Waals surface area (Å²) >= 11 is 0. The van der Waals surface area contributed by atoms with Gasteiger partial charge in [0.25, 0.3) is 0 Å². The fourth-order valence-corrected chi connectivity index (χ4v) is 3.47. The van der Waals surface area contributed by atoms with Crippen LogP contribution in [0.2, 0.25) is 0 Å². The Bertz CT molecular complexity index is 1100. The van der Waals surface area contributed by atoms with Gasteiger partial charge >= 0.3 is 0 Å². The van der Waals surface area contributed by atoms with Gasteiger partial charge in [-0.1, -0.05) is 0 Å². The summed E-state index contributed by atoms with van der Waals surface area (Å²) in [7, 11) is 1.68. The average molecular weight is 379 g/mol. The van der Waals surface area contributed by atoms with Crippen molar-refractivity contribution in [1.82, 2.24) is 29.0 Å². The molecule has 1 aliphatic carbocycles. The minimum absolute atomic E-state index is 0.292. The lowest BCUT2D eigenvalue weighted by Crippen LogP contribution is -2.41. The Labute approximate surface area is 161 Å². The van der Waals surface area contributed by atoms with E-state index in [1.54, 1.807) is 13.3 Å². The summed E-state index contributed by atoms with van der Waals surface area (Å²) in [6, 6.07) is 2.37. The van der Waals surface area contributed by atoms with Gasteiger partial charge in [-0.25, -0.2) is 19.5 Å². The van der Waals surface area contributed by atoms with Crippen LogP contribution in [-0.4, -0.2) is 61.4 Å². The second-order valence-electron chi connectivity index (χ2n) is 6.92. The molecule has 1 aliphatic rings. The molecule has 0 aromatic carbocycles. The number of hydrogen-bond donors (Lipinski definition) is 1. The maximum atomic E-state index is 5.71. The largest absolute Gasteiger partial charge is 0.382 e. The first kappa shape index (κ1) is 17.1. The Morgan fingerprint density at radius 2 is 2.07 bits per heavy atom. The topological polar surface area (TPSA) is 90.9 Å². The number of fused-ring (bicyclic) bond motifs is 2. The molecule has 0 atom stereocenters. The van der Waals surface area contributed by atoms with E-state index in [0.717, 1.165) is 29.5 Å². The maximum absolute atomic E-state index is 5.71. The number of anilines is 1. The highest BCUT2D eigenvalue weighted by molar-refractivity contribution is 5.79. The van der Waals surface area contributed by atoms with E-state index in [1.807, 2.05) is 46.0 Å². The fourth-order valence-electron chi connectivity index (χ4n) is 3.47. The zero-order chi connectivity index (χ0) is 18.9. The SMILES string of the molecule is COCCO[C@H]1C[C@H](Nc2ncc3c(-c4cnc5nccn5c4)ccn3n2)C1. The van der Waals surface area contributed by atoms with Gasteiger partial charge in [0.05, 0.1) is 31.0 Å². The average Bonchev–Trinajstić information content (AvgIpc) is 3.31. The molecule has 1 fully saturated rings. The zero-order valence-electron chi connectivity index (χ0n) is 15.5. The van der Waals surface area contributed by atoms with Crippen molar-refractivity contribution in [2.45, 2.75) is 25.0 Å². The highest BCUT2D eigenvalue weighted by atomic mass is 16.5. The first-order valence-corrected chi connectivity index (χ1v) is 9.31. The molecule has 144 valence electrons. The van der Waals surface area contributed by atoms with E-state index in [9.17, 15) is 0 Å². The minimum Gasteiger partial charge on any atom is -0.382 e. The summed E-state index contributed by atoms with van der Waals surface area (Å²) in [5.74, 6) is 1.30. The second kappa shape index (κ2) is 7.17. The number of nitrogens with zero attached hydrogens (tertiary/aromatic N) is 6. The molecule has 4 aromatic rings. The first-order valence-electron chi connectivity index (χ1n) is 9.31. The third-order valence-corrected chi connectivity index (χ3v) is 5.04. The number of hydrogen-bond acceptors (Lipinski definition) is 7. The molecule has 28 heavy (non-hydrogen) atoms. The molecule has 4 aromatic heterocycles. The molecule has 4 heterocycles. The Morgan fingerprint density at radius 1 is 1.14 bits per heavy atom. The molecule has 0 unspecified atom stereocenters. The molecule has 0 amide bonds. The van der Waals surface area contributed by atoms with Crippen molar-refractivity contribution < 1.29 is 9.47 Å². The van der Waals surface area contributed by atoms with E-state index < -0.39 is 0 Å². The lowest BCUT2D eigenvalue weighted by atomic mass is 9.89. The molecule has 1 saturated carbocycles. The molecular weight excluding hydrogens is 358 g/mol. The quantitative estimate of drug-likeness (QED) is 0.491. The van der Waals surface area contributed by atoms with Crippen molar-refractivity contribution in [2.24, 2.45) is 0 Å². The van der Waals surface area contributed by atoms with Crippen LogP contribution in [0.1, 0.15) is 12.8 Å². The van der Waals surface area contributed by atoms with Gasteiger partial charge in [-0.3, -0.25) is 4.40 Å². The van der Waals surface area contributed by atoms with Crippen LogP contribution in [0.3, 0.4) is 0 Å². The Morgan fingerprint density at radius 3 is 2.96 bits per heavy atom. The number of imidazole rings is 1. The Kier molecular flexibility index (Phi) is 4.38. The van der Waals surface area contributed by atoms with Crippen LogP contribution < -0.4 is 5.32 Å². The highest BCUT2D eigenvalue weighted by Gasteiger charge is 2.30. The van der Waals surface area contributed by atoms with Gasteiger partial charge in [-0.2, -0.15) is 0 Å². The minimum atomic E-state index is 0.292. The predicted molar refractivity (Wildman–Crippen MR) is 103 cm³/mol. The van der Waals surface area contributed by atoms with Crippen LogP contribution in [0.15, 0.2) is 43.2 Å². The van der Waals surface area contributed by atoms with Crippen LogP contribution in [-0.2, 0) is 9.47 Å². The van der Waals surface area contributed by atoms with E-state index >= 15 is 0 Å². The number of ether oxygens (including phenoxy) is 2. The lowest BCUT2D eigenvalue weighted by molar-refractivity contribution is -0.0261. The van der Waals surface area contributed by atoms with E-state index in [4.69, 9.17) is 9.47 Å². The smallest absolute Gasteiger partial charge is 0.241 e. The molecular formula is C19H21N7O2. The first-order chi connectivity index (χ1) is 13.8. The van der Waals surface area contributed by atoms with Gasteiger partial charge < -0.3 is 14.8 Å². The van der Waals surface area contributed by atoms with Crippen LogP contribution in [0.5, 0.6) is 0 Å². The van der Waals surface area contributed by atoms with Crippen LogP contribution in [0.25, 0.3) is 22.4 Å². The summed E-state index contributed by atoms with van der Waals surface area (Å²) < 4.78 is 14.5. The fraction of sp³-hybridized carbons (Fsp3) is 0.368. The molecule has 0 spiro atoms. The number of methoxy groups -OCH3 is 1. The van der Waals surface area contributed by atoms with Crippen molar-refractivity contribution in [2.75, 3.05) is 25.6 Å². The van der Waals surface area contributed by atoms with Crippen molar-refractivity contribution in [3.05, 3.63) is 43.2 Å². The monoisotopic (exact) mass is 379 g/mol. The summed E-state index contributed by atoms with van der Waals surface area (Å²) in [5, 5.41) is 7.97. The van der Waals surface area contributed by atoms with Crippen LogP contribution in [0, 0.1) is 0 Å². The van der Waals surface area contributed by atoms with Crippen molar-refractivity contribution in [3.63, 3.8) is 0 Å². The maximum Gasteiger partial charge on any atom is 0.241 e. The Hall–Kier alpha value is -3.04. The summed E-state index contributed by atoms with van der Waals surface area (Å²) in [6.07, 6.45) is 13.4. The van der Waals surface area contributed by atoms with Crippen molar-refractivity contribution in [1.29, 1.82) is 0 Å². The number of rotatable bonds is 7. The van der Waals surface area contributed by atoms with Gasteiger partial charge in [0.1, 0.15) is 0 Å². The van der Waals surface area contributed by atoms with Gasteiger partial charge in [0, 0.05) is 55.3 Å². The van der Waals surface area contributed by atoms with E-state index in [-0.39, 0.29) is 0 Å². The van der Waals surface area contributed by atoms with Gasteiger partial charge in [0.15, 0.2) is 0 Å². The summed E-state index contributed by atoms with van der Waals surface area (Å²) in [5.41, 5.74) is 2.96. The molecule has 0 radical (unpaired) electrons. The van der Waals surface area contributed by atoms with Gasteiger partial charge in [-0.05, 0) is 18.9 Å². The van der Waals surface area contributed by atoms with E-state index in [1.165, 1.54) is 0 Å². The molecule has 9 heteroatoms. The Balaban J connectivity index is 1.29. The number of aromatic nitrogens is 6. The normalized spacial score (nSPS) is 19.2. The van der Waals surface area contributed by atoms with Gasteiger partial charge in [0.2, 0.25) is 11.7 Å².